The molecule has 0 aliphatic heterocycles. The normalized spacial score (nSPS) is 11.5. The lowest BCUT2D eigenvalue weighted by Crippen LogP contribution is -2.10. The molecule has 0 aromatic heterocycles. The summed E-state index contributed by atoms with van der Waals surface area (Å²) in [6.45, 7) is 1.66. The van der Waals surface area contributed by atoms with Gasteiger partial charge in [0.1, 0.15) is 9.84 Å². The number of anilines is 1. The summed E-state index contributed by atoms with van der Waals surface area (Å²) in [5.41, 5.74) is 7.23. The van der Waals surface area contributed by atoms with Crippen LogP contribution in [-0.2, 0) is 16.3 Å². The average Bonchev–Trinajstić information content (AvgIpc) is 2.17. The maximum absolute atomic E-state index is 11.2. The number of nitrogen functional groups attached to an aromatic ring is 1. The van der Waals surface area contributed by atoms with Crippen molar-refractivity contribution < 1.29 is 8.42 Å². The van der Waals surface area contributed by atoms with Crippen LogP contribution in [0.2, 0.25) is 0 Å². The number of nitrogens with two attached hydrogens (primary N) is 1. The van der Waals surface area contributed by atoms with Crippen molar-refractivity contribution in [1.82, 2.24) is 0 Å². The Kier molecular flexibility index (Phi) is 3.52. The van der Waals surface area contributed by atoms with E-state index in [0.717, 1.165) is 5.56 Å². The van der Waals surface area contributed by atoms with E-state index in [1.807, 2.05) is 12.1 Å². The molecule has 2 N–H and O–H groups in total. The summed E-state index contributed by atoms with van der Waals surface area (Å²) in [6.07, 6.45) is 0.566. The molecular weight excluding hydrogens is 198 g/mol. The second kappa shape index (κ2) is 4.46. The van der Waals surface area contributed by atoms with Gasteiger partial charge in [-0.2, -0.15) is 0 Å². The van der Waals surface area contributed by atoms with Crippen LogP contribution in [0.3, 0.4) is 0 Å². The molecule has 4 heteroatoms. The zero-order valence-electron chi connectivity index (χ0n) is 8.23. The summed E-state index contributed by atoms with van der Waals surface area (Å²) in [7, 11) is -2.86. The Hall–Kier alpha value is -1.03. The van der Waals surface area contributed by atoms with Crippen molar-refractivity contribution in [3.63, 3.8) is 0 Å². The molecule has 3 nitrogen and oxygen atoms in total. The van der Waals surface area contributed by atoms with Crippen LogP contribution in [0.1, 0.15) is 12.5 Å². The van der Waals surface area contributed by atoms with Gasteiger partial charge < -0.3 is 5.73 Å². The minimum absolute atomic E-state index is 0.210. The molecule has 0 heterocycles. The third-order valence-corrected chi connectivity index (χ3v) is 3.83. The van der Waals surface area contributed by atoms with Crippen LogP contribution < -0.4 is 5.73 Å². The standard InChI is InChI=1S/C10H15NO2S/c1-2-14(12,13)8-7-9-3-5-10(11)6-4-9/h3-6H,2,7-8,11H2,1H3. The van der Waals surface area contributed by atoms with Crippen LogP contribution in [0, 0.1) is 0 Å². The molecule has 0 saturated heterocycles. The molecule has 0 spiro atoms. The third kappa shape index (κ3) is 3.38. The Morgan fingerprint density at radius 2 is 1.79 bits per heavy atom. The molecule has 0 amide bonds. The predicted octanol–water partition coefficient (Wildman–Crippen LogP) is 1.25. The third-order valence-electron chi connectivity index (χ3n) is 2.12. The van der Waals surface area contributed by atoms with Crippen LogP contribution >= 0.6 is 0 Å². The van der Waals surface area contributed by atoms with E-state index in [4.69, 9.17) is 5.73 Å². The molecule has 0 unspecified atom stereocenters. The van der Waals surface area contributed by atoms with Crippen molar-refractivity contribution in [2.45, 2.75) is 13.3 Å². The van der Waals surface area contributed by atoms with E-state index in [-0.39, 0.29) is 11.5 Å². The van der Waals surface area contributed by atoms with Crippen molar-refractivity contribution in [2.24, 2.45) is 0 Å². The van der Waals surface area contributed by atoms with Crippen LogP contribution in [-0.4, -0.2) is 19.9 Å². The van der Waals surface area contributed by atoms with E-state index in [1.165, 1.54) is 0 Å². The molecule has 1 aromatic rings. The Labute approximate surface area is 84.9 Å². The quantitative estimate of drug-likeness (QED) is 0.766. The van der Waals surface area contributed by atoms with E-state index in [0.29, 0.717) is 12.1 Å². The molecule has 0 radical (unpaired) electrons. The number of hydrogen-bond donors (Lipinski definition) is 1. The van der Waals surface area contributed by atoms with Gasteiger partial charge in [-0.3, -0.25) is 0 Å². The molecule has 0 bridgehead atoms. The monoisotopic (exact) mass is 213 g/mol. The van der Waals surface area contributed by atoms with Gasteiger partial charge >= 0.3 is 0 Å². The smallest absolute Gasteiger partial charge is 0.150 e. The fourth-order valence-corrected chi connectivity index (χ4v) is 1.94. The van der Waals surface area contributed by atoms with Crippen molar-refractivity contribution in [1.29, 1.82) is 0 Å². The van der Waals surface area contributed by atoms with Crippen molar-refractivity contribution in [3.05, 3.63) is 29.8 Å². The van der Waals surface area contributed by atoms with Crippen molar-refractivity contribution in [3.8, 4) is 0 Å². The molecule has 1 rings (SSSR count). The fraction of sp³-hybridized carbons (Fsp3) is 0.400. The maximum Gasteiger partial charge on any atom is 0.150 e. The van der Waals surface area contributed by atoms with E-state index in [1.54, 1.807) is 19.1 Å². The van der Waals surface area contributed by atoms with Gasteiger partial charge in [0.2, 0.25) is 0 Å². The average molecular weight is 213 g/mol. The number of sulfone groups is 1. The molecule has 1 aromatic carbocycles. The molecule has 0 fully saturated rings. The van der Waals surface area contributed by atoms with Gasteiger partial charge in [0.15, 0.2) is 0 Å². The summed E-state index contributed by atoms with van der Waals surface area (Å²) in [5, 5.41) is 0. The van der Waals surface area contributed by atoms with Gasteiger partial charge in [-0.1, -0.05) is 19.1 Å². The van der Waals surface area contributed by atoms with E-state index < -0.39 is 9.84 Å². The topological polar surface area (TPSA) is 60.2 Å². The highest BCUT2D eigenvalue weighted by Gasteiger charge is 2.06. The lowest BCUT2D eigenvalue weighted by Gasteiger charge is -2.02. The second-order valence-corrected chi connectivity index (χ2v) is 5.70. The van der Waals surface area contributed by atoms with Gasteiger partial charge in [-0.25, -0.2) is 8.42 Å². The number of benzene rings is 1. The van der Waals surface area contributed by atoms with Crippen LogP contribution in [0.5, 0.6) is 0 Å². The largest absolute Gasteiger partial charge is 0.399 e. The van der Waals surface area contributed by atoms with Gasteiger partial charge in [0.25, 0.3) is 0 Å². The summed E-state index contributed by atoms with van der Waals surface area (Å²) >= 11 is 0. The molecule has 0 saturated carbocycles. The molecular formula is C10H15NO2S. The SMILES string of the molecule is CCS(=O)(=O)CCc1ccc(N)cc1. The van der Waals surface area contributed by atoms with E-state index in [9.17, 15) is 8.42 Å². The summed E-state index contributed by atoms with van der Waals surface area (Å²) < 4.78 is 22.4. The molecule has 0 aliphatic carbocycles. The minimum atomic E-state index is -2.86. The Morgan fingerprint density at radius 3 is 2.29 bits per heavy atom. The Balaban J connectivity index is 2.59. The lowest BCUT2D eigenvalue weighted by molar-refractivity contribution is 0.596. The number of hydrogen-bond acceptors (Lipinski definition) is 3. The van der Waals surface area contributed by atoms with Crippen molar-refractivity contribution in [2.75, 3.05) is 17.2 Å². The Morgan fingerprint density at radius 1 is 1.21 bits per heavy atom. The first kappa shape index (κ1) is 11.0. The summed E-state index contributed by atoms with van der Waals surface area (Å²) in [6, 6.07) is 7.29. The fourth-order valence-electron chi connectivity index (χ4n) is 1.10. The number of rotatable bonds is 4. The molecule has 78 valence electrons. The Bertz CT molecular complexity index is 381. The zero-order chi connectivity index (χ0) is 10.6. The molecule has 0 aliphatic rings. The lowest BCUT2D eigenvalue weighted by atomic mass is 10.2. The minimum Gasteiger partial charge on any atom is -0.399 e. The van der Waals surface area contributed by atoms with Crippen LogP contribution in [0.25, 0.3) is 0 Å². The van der Waals surface area contributed by atoms with Gasteiger partial charge in [-0.15, -0.1) is 0 Å². The highest BCUT2D eigenvalue weighted by atomic mass is 32.2. The van der Waals surface area contributed by atoms with Crippen molar-refractivity contribution >= 4 is 15.5 Å². The van der Waals surface area contributed by atoms with Gasteiger partial charge in [0.05, 0.1) is 5.75 Å². The highest BCUT2D eigenvalue weighted by Crippen LogP contribution is 2.07. The maximum atomic E-state index is 11.2. The first-order valence-electron chi connectivity index (χ1n) is 4.58. The second-order valence-electron chi connectivity index (χ2n) is 3.23. The summed E-state index contributed by atoms with van der Waals surface area (Å²) in [5.74, 6) is 0.426. The van der Waals surface area contributed by atoms with Crippen LogP contribution in [0.15, 0.2) is 24.3 Å². The molecule has 0 atom stereocenters. The van der Waals surface area contributed by atoms with Crippen LogP contribution in [0.4, 0.5) is 5.69 Å². The highest BCUT2D eigenvalue weighted by molar-refractivity contribution is 7.91. The van der Waals surface area contributed by atoms with E-state index >= 15 is 0 Å². The molecule has 14 heavy (non-hydrogen) atoms. The number of aryl methyl sites for hydroxylation is 1. The van der Waals surface area contributed by atoms with Gasteiger partial charge in [-0.05, 0) is 24.1 Å². The first-order valence-corrected chi connectivity index (χ1v) is 6.40. The summed E-state index contributed by atoms with van der Waals surface area (Å²) in [4.78, 5) is 0. The first-order chi connectivity index (χ1) is 6.53. The predicted molar refractivity (Wildman–Crippen MR) is 58.9 cm³/mol. The zero-order valence-corrected chi connectivity index (χ0v) is 9.05. The van der Waals surface area contributed by atoms with Gasteiger partial charge in [0, 0.05) is 11.4 Å². The van der Waals surface area contributed by atoms with E-state index in [2.05, 4.69) is 0 Å².